The number of aryl methyl sites for hydroxylation is 1. The van der Waals surface area contributed by atoms with Gasteiger partial charge in [0.25, 0.3) is 0 Å². The summed E-state index contributed by atoms with van der Waals surface area (Å²) >= 11 is 1.51. The number of ether oxygens (including phenoxy) is 1. The lowest BCUT2D eigenvalue weighted by Gasteiger charge is -2.04. The molecule has 0 unspecified atom stereocenters. The lowest BCUT2D eigenvalue weighted by Crippen LogP contribution is -1.94. The molecule has 1 aromatic heterocycles. The first kappa shape index (κ1) is 13.4. The molecule has 19 heavy (non-hydrogen) atoms. The first-order valence-electron chi connectivity index (χ1n) is 5.77. The number of nitro groups is 1. The summed E-state index contributed by atoms with van der Waals surface area (Å²) in [7, 11) is 1.41. The van der Waals surface area contributed by atoms with Gasteiger partial charge in [-0.1, -0.05) is 13.0 Å². The predicted molar refractivity (Wildman–Crippen MR) is 76.8 cm³/mol. The second kappa shape index (κ2) is 5.27. The highest BCUT2D eigenvalue weighted by Gasteiger charge is 2.17. The Morgan fingerprint density at radius 2 is 2.16 bits per heavy atom. The predicted octanol–water partition coefficient (Wildman–Crippen LogP) is 3.48. The summed E-state index contributed by atoms with van der Waals surface area (Å²) < 4.78 is 4.98. The maximum Gasteiger partial charge on any atom is 0.311 e. The third-order valence-electron chi connectivity index (χ3n) is 2.85. The second-order valence-corrected chi connectivity index (χ2v) is 5.16. The normalized spacial score (nSPS) is 10.4. The molecule has 2 rings (SSSR count). The Bertz CT molecular complexity index is 622. The van der Waals surface area contributed by atoms with Crippen LogP contribution in [0.1, 0.15) is 11.8 Å². The van der Waals surface area contributed by atoms with E-state index in [1.165, 1.54) is 24.5 Å². The van der Waals surface area contributed by atoms with Gasteiger partial charge in [-0.25, -0.2) is 0 Å². The molecule has 0 saturated heterocycles. The third kappa shape index (κ3) is 2.53. The number of rotatable bonds is 4. The van der Waals surface area contributed by atoms with E-state index in [2.05, 4.69) is 0 Å². The monoisotopic (exact) mass is 278 g/mol. The number of nitrogens with zero attached hydrogens (tertiary/aromatic N) is 1. The van der Waals surface area contributed by atoms with E-state index < -0.39 is 4.92 Å². The van der Waals surface area contributed by atoms with E-state index in [0.29, 0.717) is 5.00 Å². The molecule has 0 radical (unpaired) electrons. The van der Waals surface area contributed by atoms with Crippen molar-refractivity contribution in [1.29, 1.82) is 0 Å². The molecule has 0 aliphatic carbocycles. The highest BCUT2D eigenvalue weighted by molar-refractivity contribution is 7.16. The maximum atomic E-state index is 11.0. The van der Waals surface area contributed by atoms with Crippen molar-refractivity contribution in [2.24, 2.45) is 0 Å². The number of hydrogen-bond acceptors (Lipinski definition) is 5. The molecule has 100 valence electrons. The van der Waals surface area contributed by atoms with E-state index in [1.807, 2.05) is 13.0 Å². The Morgan fingerprint density at radius 1 is 1.42 bits per heavy atom. The van der Waals surface area contributed by atoms with Crippen LogP contribution in [-0.4, -0.2) is 12.0 Å². The van der Waals surface area contributed by atoms with Crippen LogP contribution in [0.4, 0.5) is 10.7 Å². The van der Waals surface area contributed by atoms with Gasteiger partial charge < -0.3 is 10.5 Å². The average Bonchev–Trinajstić information content (AvgIpc) is 2.79. The van der Waals surface area contributed by atoms with Crippen LogP contribution >= 0.6 is 11.3 Å². The van der Waals surface area contributed by atoms with E-state index in [9.17, 15) is 10.1 Å². The van der Waals surface area contributed by atoms with Gasteiger partial charge in [0.1, 0.15) is 0 Å². The topological polar surface area (TPSA) is 78.4 Å². The molecular formula is C13H14N2O3S. The highest BCUT2D eigenvalue weighted by Crippen LogP contribution is 2.38. The minimum atomic E-state index is -0.453. The number of hydrogen-bond donors (Lipinski definition) is 1. The van der Waals surface area contributed by atoms with Gasteiger partial charge in [-0.2, -0.15) is 0 Å². The molecule has 0 atom stereocenters. The van der Waals surface area contributed by atoms with Crippen LogP contribution < -0.4 is 10.5 Å². The lowest BCUT2D eigenvalue weighted by atomic mass is 10.1. The summed E-state index contributed by atoms with van der Waals surface area (Å²) in [4.78, 5) is 11.7. The zero-order valence-electron chi connectivity index (χ0n) is 10.7. The van der Waals surface area contributed by atoms with Crippen molar-refractivity contribution in [2.45, 2.75) is 13.3 Å². The van der Waals surface area contributed by atoms with Crippen LogP contribution in [0, 0.1) is 10.1 Å². The summed E-state index contributed by atoms with van der Waals surface area (Å²) in [5.41, 5.74) is 7.49. The number of nitrogen functional groups attached to an aromatic ring is 1. The van der Waals surface area contributed by atoms with Crippen molar-refractivity contribution >= 4 is 22.0 Å². The van der Waals surface area contributed by atoms with E-state index in [0.717, 1.165) is 22.4 Å². The molecule has 0 spiro atoms. The van der Waals surface area contributed by atoms with Gasteiger partial charge in [0, 0.05) is 16.5 Å². The zero-order chi connectivity index (χ0) is 14.0. The smallest absolute Gasteiger partial charge is 0.311 e. The molecule has 5 nitrogen and oxygen atoms in total. The maximum absolute atomic E-state index is 11.0. The Hall–Kier alpha value is -2.08. The van der Waals surface area contributed by atoms with Crippen molar-refractivity contribution in [1.82, 2.24) is 0 Å². The lowest BCUT2D eigenvalue weighted by molar-refractivity contribution is -0.385. The minimum absolute atomic E-state index is 0.0522. The molecule has 2 aromatic rings. The number of thiophene rings is 1. The van der Waals surface area contributed by atoms with Crippen molar-refractivity contribution in [2.75, 3.05) is 12.8 Å². The Kier molecular flexibility index (Phi) is 3.71. The van der Waals surface area contributed by atoms with Gasteiger partial charge in [0.15, 0.2) is 5.75 Å². The van der Waals surface area contributed by atoms with Crippen molar-refractivity contribution in [3.05, 3.63) is 39.3 Å². The first-order valence-corrected chi connectivity index (χ1v) is 6.59. The van der Waals surface area contributed by atoms with Crippen LogP contribution in [-0.2, 0) is 6.42 Å². The Morgan fingerprint density at radius 3 is 2.68 bits per heavy atom. The summed E-state index contributed by atoms with van der Waals surface area (Å²) in [5.74, 6) is 0.248. The fourth-order valence-corrected chi connectivity index (χ4v) is 2.75. The van der Waals surface area contributed by atoms with Gasteiger partial charge in [-0.3, -0.25) is 10.1 Å². The molecule has 0 saturated carbocycles. The van der Waals surface area contributed by atoms with Gasteiger partial charge >= 0.3 is 5.69 Å². The van der Waals surface area contributed by atoms with Gasteiger partial charge in [-0.15, -0.1) is 11.3 Å². The number of nitrogens with two attached hydrogens (primary N) is 1. The molecular weight excluding hydrogens is 264 g/mol. The van der Waals surface area contributed by atoms with E-state index in [4.69, 9.17) is 10.5 Å². The van der Waals surface area contributed by atoms with Crippen LogP contribution in [0.2, 0.25) is 0 Å². The van der Waals surface area contributed by atoms with E-state index in [-0.39, 0.29) is 11.4 Å². The standard InChI is InChI=1S/C13H14N2O3S/c1-3-9-7-10(13(14)19-9)8-4-5-12(18-2)11(6-8)15(16)17/h4-7H,3,14H2,1-2H3. The van der Waals surface area contributed by atoms with E-state index >= 15 is 0 Å². The van der Waals surface area contributed by atoms with Crippen molar-refractivity contribution in [3.63, 3.8) is 0 Å². The fourth-order valence-electron chi connectivity index (χ4n) is 1.86. The molecule has 6 heteroatoms. The van der Waals surface area contributed by atoms with Crippen molar-refractivity contribution in [3.8, 4) is 16.9 Å². The number of benzene rings is 1. The summed E-state index contributed by atoms with van der Waals surface area (Å²) in [5, 5.41) is 11.7. The molecule has 0 aliphatic heterocycles. The molecule has 2 N–H and O–H groups in total. The second-order valence-electron chi connectivity index (χ2n) is 3.99. The first-order chi connectivity index (χ1) is 9.06. The molecule has 0 amide bonds. The quantitative estimate of drug-likeness (QED) is 0.686. The summed E-state index contributed by atoms with van der Waals surface area (Å²) in [6, 6.07) is 6.85. The fraction of sp³-hybridized carbons (Fsp3) is 0.231. The SMILES string of the molecule is CCc1cc(-c2ccc(OC)c([N+](=O)[O-])c2)c(N)s1. The molecule has 1 heterocycles. The molecule has 0 bridgehead atoms. The Labute approximate surface area is 114 Å². The Balaban J connectivity index is 2.53. The van der Waals surface area contributed by atoms with Crippen LogP contribution in [0.25, 0.3) is 11.1 Å². The van der Waals surface area contributed by atoms with E-state index in [1.54, 1.807) is 12.1 Å². The number of methoxy groups -OCH3 is 1. The minimum Gasteiger partial charge on any atom is -0.490 e. The number of nitro benzene ring substituents is 1. The molecule has 0 aliphatic rings. The average molecular weight is 278 g/mol. The van der Waals surface area contributed by atoms with Gasteiger partial charge in [0.05, 0.1) is 17.0 Å². The van der Waals surface area contributed by atoms with Gasteiger partial charge in [-0.05, 0) is 24.1 Å². The highest BCUT2D eigenvalue weighted by atomic mass is 32.1. The van der Waals surface area contributed by atoms with Crippen LogP contribution in [0.15, 0.2) is 24.3 Å². The molecule has 1 aromatic carbocycles. The zero-order valence-corrected chi connectivity index (χ0v) is 11.5. The van der Waals surface area contributed by atoms with Gasteiger partial charge in [0.2, 0.25) is 0 Å². The van der Waals surface area contributed by atoms with Crippen molar-refractivity contribution < 1.29 is 9.66 Å². The molecule has 0 fully saturated rings. The third-order valence-corrected chi connectivity index (χ3v) is 3.96. The summed E-state index contributed by atoms with van der Waals surface area (Å²) in [6.07, 6.45) is 0.896. The van der Waals surface area contributed by atoms with Crippen LogP contribution in [0.5, 0.6) is 5.75 Å². The number of anilines is 1. The largest absolute Gasteiger partial charge is 0.490 e. The summed E-state index contributed by atoms with van der Waals surface area (Å²) in [6.45, 7) is 2.05. The van der Waals surface area contributed by atoms with Crippen LogP contribution in [0.3, 0.4) is 0 Å².